The van der Waals surface area contributed by atoms with Gasteiger partial charge in [-0.1, -0.05) is 48.9 Å². The van der Waals surface area contributed by atoms with Crippen LogP contribution in [0.5, 0.6) is 11.5 Å². The molecule has 34 heavy (non-hydrogen) atoms. The maximum absolute atomic E-state index is 16.0. The Morgan fingerprint density at radius 3 is 2.56 bits per heavy atom. The fourth-order valence-corrected chi connectivity index (χ4v) is 5.70. The average molecular weight is 485 g/mol. The van der Waals surface area contributed by atoms with Crippen LogP contribution in [0.3, 0.4) is 0 Å². The first kappa shape index (κ1) is 21.4. The van der Waals surface area contributed by atoms with E-state index in [0.717, 1.165) is 6.07 Å². The van der Waals surface area contributed by atoms with Crippen molar-refractivity contribution >= 4 is 17.6 Å². The largest absolute Gasteiger partial charge is 0.489 e. The lowest BCUT2D eigenvalue weighted by atomic mass is 9.78. The van der Waals surface area contributed by atoms with Crippen LogP contribution >= 0.6 is 11.6 Å². The molecule has 8 heteroatoms. The van der Waals surface area contributed by atoms with E-state index in [4.69, 9.17) is 21.1 Å². The Morgan fingerprint density at radius 1 is 1.15 bits per heavy atom. The number of ether oxygens (including phenoxy) is 2. The number of carbonyl (C=O) groups is 1. The highest BCUT2D eigenvalue weighted by Crippen LogP contribution is 2.59. The van der Waals surface area contributed by atoms with Crippen LogP contribution in [0.25, 0.3) is 11.1 Å². The molecule has 1 fully saturated rings. The van der Waals surface area contributed by atoms with Gasteiger partial charge in [0.25, 0.3) is 0 Å². The Kier molecular flexibility index (Phi) is 4.51. The number of hydrogen-bond donors (Lipinski definition) is 2. The van der Waals surface area contributed by atoms with Gasteiger partial charge in [0.1, 0.15) is 29.2 Å². The Hall–Kier alpha value is -3.16. The number of aliphatic hydroxyl groups excluding tert-OH is 1. The topological polar surface area (TPSA) is 76.0 Å². The Bertz CT molecular complexity index is 1380. The van der Waals surface area contributed by atoms with E-state index in [0.29, 0.717) is 23.1 Å². The van der Waals surface area contributed by atoms with Crippen LogP contribution in [0.15, 0.2) is 42.5 Å². The van der Waals surface area contributed by atoms with Gasteiger partial charge in [0, 0.05) is 40.2 Å². The van der Waals surface area contributed by atoms with Crippen molar-refractivity contribution in [3.63, 3.8) is 0 Å². The van der Waals surface area contributed by atoms with E-state index < -0.39 is 40.8 Å². The number of carboxylic acid groups (broad SMARTS) is 1. The maximum atomic E-state index is 16.0. The van der Waals surface area contributed by atoms with Crippen molar-refractivity contribution < 1.29 is 33.3 Å². The maximum Gasteiger partial charge on any atom is 0.336 e. The SMILES string of the molecule is C[C@H]1c2c(cc(F)c(Cl)c2-c2c(C(=O)O)cc3c(c2F)C2CC2O3)O[C@]1(CO)c1ccccc1. The highest BCUT2D eigenvalue weighted by Gasteiger charge is 2.53. The third-order valence-corrected chi connectivity index (χ3v) is 7.64. The molecule has 0 saturated heterocycles. The molecule has 6 rings (SSSR count). The molecule has 0 bridgehead atoms. The van der Waals surface area contributed by atoms with Gasteiger partial charge in [-0.3, -0.25) is 0 Å². The van der Waals surface area contributed by atoms with Crippen LogP contribution in [-0.4, -0.2) is 28.9 Å². The van der Waals surface area contributed by atoms with Crippen molar-refractivity contribution in [3.8, 4) is 22.6 Å². The standard InChI is InChI=1S/C26H19ClF2O5/c1-11-19-18(34-26(11,10-30)12-5-3-2-4-6-12)9-15(28)23(27)22(19)21-14(25(31)32)8-17-20(24(21)29)13-7-16(13)33-17/h2-6,8-9,11,13,16,30H,7,10H2,1H3,(H,31,32)/t11-,13?,16?,26-/m0/s1. The van der Waals surface area contributed by atoms with E-state index in [1.165, 1.54) is 6.07 Å². The number of aromatic carboxylic acids is 1. The van der Waals surface area contributed by atoms with Gasteiger partial charge in [-0.05, 0) is 18.1 Å². The van der Waals surface area contributed by atoms with Crippen molar-refractivity contribution in [1.29, 1.82) is 0 Å². The number of hydrogen-bond acceptors (Lipinski definition) is 4. The number of rotatable bonds is 4. The lowest BCUT2D eigenvalue weighted by Gasteiger charge is -2.32. The minimum atomic E-state index is -1.39. The van der Waals surface area contributed by atoms with E-state index in [9.17, 15) is 15.0 Å². The lowest BCUT2D eigenvalue weighted by Crippen LogP contribution is -2.38. The van der Waals surface area contributed by atoms with Crippen molar-refractivity contribution in [2.75, 3.05) is 6.61 Å². The minimum Gasteiger partial charge on any atom is -0.489 e. The number of carboxylic acids is 1. The lowest BCUT2D eigenvalue weighted by molar-refractivity contribution is 0.00737. The Labute approximate surface area is 198 Å². The molecule has 2 N–H and O–H groups in total. The summed E-state index contributed by atoms with van der Waals surface area (Å²) in [5, 5.41) is 20.0. The molecule has 0 amide bonds. The van der Waals surface area contributed by atoms with Crippen LogP contribution in [-0.2, 0) is 5.60 Å². The molecule has 2 unspecified atom stereocenters. The molecule has 1 aliphatic carbocycles. The molecule has 5 nitrogen and oxygen atoms in total. The fraction of sp³-hybridized carbons (Fsp3) is 0.269. The van der Waals surface area contributed by atoms with Gasteiger partial charge in [-0.15, -0.1) is 0 Å². The number of fused-ring (bicyclic) bond motifs is 4. The molecule has 0 radical (unpaired) electrons. The molecule has 2 aliphatic heterocycles. The molecule has 174 valence electrons. The normalized spacial score (nSPS) is 25.7. The Balaban J connectivity index is 1.65. The van der Waals surface area contributed by atoms with Crippen LogP contribution in [0.4, 0.5) is 8.78 Å². The van der Waals surface area contributed by atoms with Gasteiger partial charge in [0.2, 0.25) is 0 Å². The second-order valence-corrected chi connectivity index (χ2v) is 9.40. The van der Waals surface area contributed by atoms with E-state index in [1.54, 1.807) is 31.2 Å². The zero-order valence-corrected chi connectivity index (χ0v) is 18.7. The van der Waals surface area contributed by atoms with Gasteiger partial charge in [-0.25, -0.2) is 13.6 Å². The molecule has 0 aromatic heterocycles. The zero-order valence-electron chi connectivity index (χ0n) is 17.9. The first-order valence-electron chi connectivity index (χ1n) is 10.9. The molecular weight excluding hydrogens is 466 g/mol. The summed E-state index contributed by atoms with van der Waals surface area (Å²) in [5.74, 6) is -3.53. The molecule has 4 atom stereocenters. The molecular formula is C26H19ClF2O5. The number of halogens is 3. The first-order chi connectivity index (χ1) is 16.3. The summed E-state index contributed by atoms with van der Waals surface area (Å²) in [7, 11) is 0. The van der Waals surface area contributed by atoms with E-state index in [-0.39, 0.29) is 40.2 Å². The summed E-state index contributed by atoms with van der Waals surface area (Å²) in [6.45, 7) is 1.32. The monoisotopic (exact) mass is 484 g/mol. The van der Waals surface area contributed by atoms with E-state index in [2.05, 4.69) is 0 Å². The van der Waals surface area contributed by atoms with Gasteiger partial charge in [-0.2, -0.15) is 0 Å². The number of benzene rings is 3. The highest BCUT2D eigenvalue weighted by molar-refractivity contribution is 6.34. The first-order valence-corrected chi connectivity index (χ1v) is 11.3. The van der Waals surface area contributed by atoms with Crippen LogP contribution < -0.4 is 9.47 Å². The second kappa shape index (κ2) is 7.17. The quantitative estimate of drug-likeness (QED) is 0.503. The van der Waals surface area contributed by atoms with Gasteiger partial charge in [0.05, 0.1) is 17.2 Å². The van der Waals surface area contributed by atoms with Crippen LogP contribution in [0.2, 0.25) is 5.02 Å². The summed E-state index contributed by atoms with van der Waals surface area (Å²) in [6.07, 6.45) is 0.476. The fourth-order valence-electron chi connectivity index (χ4n) is 5.45. The highest BCUT2D eigenvalue weighted by atomic mass is 35.5. The van der Waals surface area contributed by atoms with Gasteiger partial charge >= 0.3 is 5.97 Å². The van der Waals surface area contributed by atoms with Gasteiger partial charge < -0.3 is 19.7 Å². The summed E-state index contributed by atoms with van der Waals surface area (Å²) >= 11 is 6.42. The smallest absolute Gasteiger partial charge is 0.336 e. The zero-order chi connectivity index (χ0) is 23.9. The van der Waals surface area contributed by atoms with Crippen molar-refractivity contribution in [2.24, 2.45) is 0 Å². The molecule has 2 heterocycles. The molecule has 3 aromatic carbocycles. The molecule has 0 spiro atoms. The Morgan fingerprint density at radius 2 is 1.88 bits per heavy atom. The van der Waals surface area contributed by atoms with Crippen LogP contribution in [0, 0.1) is 11.6 Å². The van der Waals surface area contributed by atoms with Crippen molar-refractivity contribution in [1.82, 2.24) is 0 Å². The summed E-state index contributed by atoms with van der Waals surface area (Å²) < 4.78 is 42.9. The van der Waals surface area contributed by atoms with Crippen LogP contribution in [0.1, 0.15) is 52.2 Å². The van der Waals surface area contributed by atoms with Crippen molar-refractivity contribution in [2.45, 2.75) is 36.9 Å². The van der Waals surface area contributed by atoms with E-state index >= 15 is 8.78 Å². The third-order valence-electron chi connectivity index (χ3n) is 7.27. The summed E-state index contributed by atoms with van der Waals surface area (Å²) in [6, 6.07) is 11.3. The molecule has 3 aliphatic rings. The molecule has 1 saturated carbocycles. The van der Waals surface area contributed by atoms with E-state index in [1.807, 2.05) is 6.07 Å². The number of aliphatic hydroxyl groups is 1. The van der Waals surface area contributed by atoms with Crippen molar-refractivity contribution in [3.05, 3.63) is 81.4 Å². The molecule has 3 aromatic rings. The minimum absolute atomic E-state index is 0.0720. The summed E-state index contributed by atoms with van der Waals surface area (Å²) in [5.41, 5.74) is -0.736. The average Bonchev–Trinajstić information content (AvgIpc) is 3.39. The second-order valence-electron chi connectivity index (χ2n) is 9.03. The third kappa shape index (κ3) is 2.71. The predicted octanol–water partition coefficient (Wildman–Crippen LogP) is 5.62. The van der Waals surface area contributed by atoms with Gasteiger partial charge in [0.15, 0.2) is 5.60 Å². The predicted molar refractivity (Wildman–Crippen MR) is 120 cm³/mol. The summed E-state index contributed by atoms with van der Waals surface area (Å²) in [4.78, 5) is 12.2.